The summed E-state index contributed by atoms with van der Waals surface area (Å²) in [6.45, 7) is 15.7. The van der Waals surface area contributed by atoms with E-state index in [0.717, 1.165) is 36.3 Å². The molecule has 5 heterocycles. The van der Waals surface area contributed by atoms with Gasteiger partial charge in [0, 0.05) is 55.2 Å². The van der Waals surface area contributed by atoms with E-state index in [0.29, 0.717) is 36.5 Å². The van der Waals surface area contributed by atoms with E-state index in [1.165, 1.54) is 6.20 Å². The fourth-order valence-corrected chi connectivity index (χ4v) is 5.90. The summed E-state index contributed by atoms with van der Waals surface area (Å²) < 4.78 is 12.9. The molecule has 0 unspecified atom stereocenters. The first-order valence-electron chi connectivity index (χ1n) is 15.6. The third-order valence-electron chi connectivity index (χ3n) is 7.98. The van der Waals surface area contributed by atoms with Gasteiger partial charge in [0.05, 0.1) is 17.1 Å². The third kappa shape index (κ3) is 7.38. The molecule has 2 fully saturated rings. The van der Waals surface area contributed by atoms with Gasteiger partial charge in [0.25, 0.3) is 5.91 Å². The molecule has 2 aliphatic rings. The predicted molar refractivity (Wildman–Crippen MR) is 173 cm³/mol. The number of piperazine rings is 1. The van der Waals surface area contributed by atoms with Gasteiger partial charge in [-0.1, -0.05) is 0 Å². The van der Waals surface area contributed by atoms with Gasteiger partial charge in [-0.3, -0.25) is 9.69 Å². The molecule has 0 spiro atoms. The van der Waals surface area contributed by atoms with Crippen molar-refractivity contribution in [3.63, 3.8) is 0 Å². The highest BCUT2D eigenvalue weighted by Gasteiger charge is 2.32. The SMILES string of the molecule is C[C@H]1CN(C(=O)OC(C)(C)C)CCN1c1ccc(C(=O)Nc2cc3c(cn2)cc([C@H]2CCCN2C)n3C(=O)OC(C)(C)C)cn1. The number of carbonyl (C=O) groups excluding carboxylic acids is 3. The molecule has 2 atom stereocenters. The summed E-state index contributed by atoms with van der Waals surface area (Å²) in [5.74, 6) is 0.676. The van der Waals surface area contributed by atoms with E-state index >= 15 is 0 Å². The lowest BCUT2D eigenvalue weighted by Crippen LogP contribution is -2.54. The van der Waals surface area contributed by atoms with Crippen LogP contribution in [0.15, 0.2) is 36.7 Å². The number of anilines is 2. The van der Waals surface area contributed by atoms with E-state index in [2.05, 4.69) is 32.1 Å². The van der Waals surface area contributed by atoms with Crippen LogP contribution in [-0.2, 0) is 9.47 Å². The Morgan fingerprint density at radius 3 is 2.22 bits per heavy atom. The predicted octanol–water partition coefficient (Wildman–Crippen LogP) is 5.68. The van der Waals surface area contributed by atoms with Gasteiger partial charge in [0.2, 0.25) is 0 Å². The van der Waals surface area contributed by atoms with Crippen molar-refractivity contribution in [2.24, 2.45) is 0 Å². The second-order valence-electron chi connectivity index (χ2n) is 14.0. The van der Waals surface area contributed by atoms with Crippen LogP contribution in [0.3, 0.4) is 0 Å². The maximum atomic E-state index is 13.4. The maximum absolute atomic E-state index is 13.4. The summed E-state index contributed by atoms with van der Waals surface area (Å²) in [6.07, 6.45) is 4.41. The van der Waals surface area contributed by atoms with Crippen LogP contribution in [0.2, 0.25) is 0 Å². The van der Waals surface area contributed by atoms with Crippen LogP contribution < -0.4 is 10.2 Å². The summed E-state index contributed by atoms with van der Waals surface area (Å²) in [5.41, 5.74) is 0.633. The highest BCUT2D eigenvalue weighted by Crippen LogP contribution is 2.35. The van der Waals surface area contributed by atoms with Crippen LogP contribution >= 0.6 is 0 Å². The molecule has 0 aliphatic carbocycles. The number of rotatable bonds is 4. The first-order valence-corrected chi connectivity index (χ1v) is 15.6. The fourth-order valence-electron chi connectivity index (χ4n) is 5.90. The summed E-state index contributed by atoms with van der Waals surface area (Å²) >= 11 is 0. The number of pyridine rings is 2. The Morgan fingerprint density at radius 1 is 0.911 bits per heavy atom. The van der Waals surface area contributed by atoms with Gasteiger partial charge >= 0.3 is 12.2 Å². The largest absolute Gasteiger partial charge is 0.444 e. The highest BCUT2D eigenvalue weighted by molar-refractivity contribution is 6.04. The number of aromatic nitrogens is 3. The van der Waals surface area contributed by atoms with Crippen LogP contribution in [-0.4, -0.2) is 92.9 Å². The van der Waals surface area contributed by atoms with E-state index in [1.54, 1.807) is 27.8 Å². The summed E-state index contributed by atoms with van der Waals surface area (Å²) in [7, 11) is 2.06. The molecule has 0 radical (unpaired) electrons. The molecule has 12 heteroatoms. The topological polar surface area (TPSA) is 122 Å². The third-order valence-corrected chi connectivity index (χ3v) is 7.98. The highest BCUT2D eigenvalue weighted by atomic mass is 16.6. The molecule has 1 N–H and O–H groups in total. The van der Waals surface area contributed by atoms with Crippen molar-refractivity contribution in [2.45, 2.75) is 84.6 Å². The number of ether oxygens (including phenoxy) is 2. The summed E-state index contributed by atoms with van der Waals surface area (Å²) in [5, 5.41) is 3.65. The van der Waals surface area contributed by atoms with Crippen molar-refractivity contribution in [2.75, 3.05) is 43.4 Å². The lowest BCUT2D eigenvalue weighted by Gasteiger charge is -2.40. The molecule has 2 amide bonds. The van der Waals surface area contributed by atoms with Gasteiger partial charge in [-0.15, -0.1) is 0 Å². The number of nitrogens with one attached hydrogen (secondary N) is 1. The van der Waals surface area contributed by atoms with Crippen LogP contribution in [0.5, 0.6) is 0 Å². The minimum Gasteiger partial charge on any atom is -0.444 e. The second-order valence-corrected chi connectivity index (χ2v) is 14.0. The van der Waals surface area contributed by atoms with Gasteiger partial charge in [0.1, 0.15) is 22.8 Å². The first-order chi connectivity index (χ1) is 21.1. The molecule has 3 aromatic heterocycles. The Balaban J connectivity index is 1.31. The van der Waals surface area contributed by atoms with Crippen LogP contribution in [0.4, 0.5) is 21.2 Å². The standard InChI is InChI=1S/C33H45N7O5/c1-21-20-38(30(42)44-32(2,3)4)14-15-39(21)28-12-11-22(18-35-28)29(41)36-27-17-25-23(19-34-27)16-26(24-10-9-13-37(24)8)40(25)31(43)45-33(5,6)7/h11-12,16-19,21,24H,9-10,13-15,20H2,1-8H3,(H,34,36,41)/t21-,24+/m0/s1. The van der Waals surface area contributed by atoms with Crippen LogP contribution in [0.1, 0.15) is 83.4 Å². The molecule has 3 aromatic rings. The minimum absolute atomic E-state index is 0.0181. The van der Waals surface area contributed by atoms with E-state index in [1.807, 2.05) is 60.6 Å². The van der Waals surface area contributed by atoms with Crippen LogP contribution in [0.25, 0.3) is 10.9 Å². The maximum Gasteiger partial charge on any atom is 0.419 e. The van der Waals surface area contributed by atoms with Crippen molar-refractivity contribution in [1.82, 2.24) is 24.3 Å². The molecular formula is C33H45N7O5. The average molecular weight is 620 g/mol. The quantitative estimate of drug-likeness (QED) is 0.393. The van der Waals surface area contributed by atoms with Gasteiger partial charge in [0.15, 0.2) is 0 Å². The number of hydrogen-bond donors (Lipinski definition) is 1. The molecule has 0 bridgehead atoms. The summed E-state index contributed by atoms with van der Waals surface area (Å²) in [6, 6.07) is 7.33. The number of fused-ring (bicyclic) bond motifs is 1. The molecule has 45 heavy (non-hydrogen) atoms. The Hall–Kier alpha value is -4.19. The van der Waals surface area contributed by atoms with E-state index < -0.39 is 17.3 Å². The molecule has 0 saturated carbocycles. The Labute approximate surface area is 264 Å². The molecular weight excluding hydrogens is 574 g/mol. The number of carbonyl (C=O) groups is 3. The van der Waals surface area contributed by atoms with Crippen molar-refractivity contribution in [3.8, 4) is 0 Å². The molecule has 2 aliphatic heterocycles. The van der Waals surface area contributed by atoms with Crippen molar-refractivity contribution in [3.05, 3.63) is 47.9 Å². The molecule has 5 rings (SSSR count). The first kappa shape index (κ1) is 32.2. The molecule has 2 saturated heterocycles. The van der Waals surface area contributed by atoms with Gasteiger partial charge in [-0.2, -0.15) is 0 Å². The van der Waals surface area contributed by atoms with Gasteiger partial charge < -0.3 is 24.6 Å². The zero-order valence-corrected chi connectivity index (χ0v) is 27.6. The monoisotopic (exact) mass is 619 g/mol. The number of amides is 2. The number of likely N-dealkylation sites (tertiary alicyclic amines) is 1. The molecule has 242 valence electrons. The molecule has 12 nitrogen and oxygen atoms in total. The Kier molecular flexibility index (Phi) is 8.81. The molecule has 0 aromatic carbocycles. The van der Waals surface area contributed by atoms with Gasteiger partial charge in [-0.05, 0) is 93.1 Å². The van der Waals surface area contributed by atoms with Crippen molar-refractivity contribution < 1.29 is 23.9 Å². The second kappa shape index (κ2) is 12.3. The number of nitrogens with zero attached hydrogens (tertiary/aromatic N) is 6. The lowest BCUT2D eigenvalue weighted by atomic mass is 10.1. The summed E-state index contributed by atoms with van der Waals surface area (Å²) in [4.78, 5) is 54.3. The van der Waals surface area contributed by atoms with E-state index in [-0.39, 0.29) is 24.1 Å². The van der Waals surface area contributed by atoms with Crippen molar-refractivity contribution >= 4 is 40.6 Å². The van der Waals surface area contributed by atoms with Crippen molar-refractivity contribution in [1.29, 1.82) is 0 Å². The lowest BCUT2D eigenvalue weighted by molar-refractivity contribution is 0.0218. The Bertz CT molecular complexity index is 1570. The van der Waals surface area contributed by atoms with E-state index in [4.69, 9.17) is 9.47 Å². The zero-order valence-electron chi connectivity index (χ0n) is 27.6. The minimum atomic E-state index is -0.667. The van der Waals surface area contributed by atoms with E-state index in [9.17, 15) is 14.4 Å². The smallest absolute Gasteiger partial charge is 0.419 e. The van der Waals surface area contributed by atoms with Crippen LogP contribution in [0, 0.1) is 0 Å². The Morgan fingerprint density at radius 2 is 1.62 bits per heavy atom. The fraction of sp³-hybridized carbons (Fsp3) is 0.545. The average Bonchev–Trinajstić information content (AvgIpc) is 3.54. The van der Waals surface area contributed by atoms with Gasteiger partial charge in [-0.25, -0.2) is 24.1 Å². The zero-order chi connectivity index (χ0) is 32.7. The number of hydrogen-bond acceptors (Lipinski definition) is 9. The normalized spacial score (nSPS) is 19.6.